The maximum absolute atomic E-state index is 12.5. The first-order chi connectivity index (χ1) is 16.6. The summed E-state index contributed by atoms with van der Waals surface area (Å²) in [5.74, 6) is 1.17. The van der Waals surface area contributed by atoms with E-state index in [0.29, 0.717) is 55.0 Å². The molecule has 1 N–H and O–H groups in total. The molecule has 0 aliphatic carbocycles. The number of ether oxygens (including phenoxy) is 2. The van der Waals surface area contributed by atoms with E-state index in [-0.39, 0.29) is 17.2 Å². The van der Waals surface area contributed by atoms with E-state index in [2.05, 4.69) is 10.2 Å². The van der Waals surface area contributed by atoms with E-state index >= 15 is 0 Å². The maximum atomic E-state index is 12.5. The molecule has 1 aliphatic rings. The molecule has 3 rings (SSSR count). The number of amides is 2. The van der Waals surface area contributed by atoms with E-state index in [4.69, 9.17) is 21.1 Å². The minimum Gasteiger partial charge on any atom is -0.493 e. The molecule has 0 atom stereocenters. The van der Waals surface area contributed by atoms with Gasteiger partial charge in [0.1, 0.15) is 0 Å². The molecule has 7 nitrogen and oxygen atoms in total. The number of piperazine rings is 1. The lowest BCUT2D eigenvalue weighted by Gasteiger charge is -2.39. The highest BCUT2D eigenvalue weighted by Gasteiger charge is 2.30. The molecule has 8 heteroatoms. The third-order valence-electron chi connectivity index (χ3n) is 5.68. The van der Waals surface area contributed by atoms with Gasteiger partial charge >= 0.3 is 0 Å². The van der Waals surface area contributed by atoms with Crippen LogP contribution in [-0.4, -0.2) is 56.6 Å². The van der Waals surface area contributed by atoms with Gasteiger partial charge in [0.15, 0.2) is 11.5 Å². The van der Waals surface area contributed by atoms with Crippen molar-refractivity contribution in [2.45, 2.75) is 27.7 Å². The lowest BCUT2D eigenvalue weighted by molar-refractivity contribution is -0.139. The molecule has 35 heavy (non-hydrogen) atoms. The third kappa shape index (κ3) is 6.92. The minimum absolute atomic E-state index is 0.165. The Bertz CT molecular complexity index is 1090. The summed E-state index contributed by atoms with van der Waals surface area (Å²) in [7, 11) is 1.58. The lowest BCUT2D eigenvalue weighted by atomic mass is 9.94. The van der Waals surface area contributed by atoms with Gasteiger partial charge in [0.05, 0.1) is 24.4 Å². The summed E-state index contributed by atoms with van der Waals surface area (Å²) in [5.41, 5.74) is 1.94. The molecular weight excluding hydrogens is 466 g/mol. The Balaban J connectivity index is 1.59. The standard InChI is InChI=1S/C27H34ClN3O4/c1-6-35-23-11-7-19(17-24(23)34-5)8-12-25(32)29-20-9-10-22(21(28)18-20)30-13-15-31(16-14-30)26(33)27(2,3)4/h7-12,17-18H,6,13-16H2,1-5H3,(H,29,32)/b12-8+. The predicted molar refractivity (Wildman–Crippen MR) is 142 cm³/mol. The normalized spacial score (nSPS) is 14.2. The zero-order valence-corrected chi connectivity index (χ0v) is 21.8. The lowest BCUT2D eigenvalue weighted by Crippen LogP contribution is -2.51. The summed E-state index contributed by atoms with van der Waals surface area (Å²) in [4.78, 5) is 29.0. The minimum atomic E-state index is -0.382. The van der Waals surface area contributed by atoms with Gasteiger partial charge in [-0.15, -0.1) is 0 Å². The fourth-order valence-electron chi connectivity index (χ4n) is 3.88. The molecule has 1 saturated heterocycles. The highest BCUT2D eigenvalue weighted by Crippen LogP contribution is 2.31. The number of halogens is 1. The molecule has 2 aromatic carbocycles. The van der Waals surface area contributed by atoms with Crippen LogP contribution in [-0.2, 0) is 9.59 Å². The highest BCUT2D eigenvalue weighted by molar-refractivity contribution is 6.33. The Kier molecular flexibility index (Phi) is 8.67. The van der Waals surface area contributed by atoms with Gasteiger partial charge in [-0.05, 0) is 48.9 Å². The monoisotopic (exact) mass is 499 g/mol. The van der Waals surface area contributed by atoms with E-state index in [9.17, 15) is 9.59 Å². The van der Waals surface area contributed by atoms with Crippen molar-refractivity contribution in [3.05, 3.63) is 53.1 Å². The second-order valence-electron chi connectivity index (χ2n) is 9.36. The van der Waals surface area contributed by atoms with Crippen LogP contribution in [0.15, 0.2) is 42.5 Å². The number of carbonyl (C=O) groups is 2. The van der Waals surface area contributed by atoms with Crippen molar-refractivity contribution < 1.29 is 19.1 Å². The molecule has 0 spiro atoms. The topological polar surface area (TPSA) is 71.1 Å². The molecule has 0 aromatic heterocycles. The molecule has 2 amide bonds. The molecule has 2 aromatic rings. The van der Waals surface area contributed by atoms with Gasteiger partial charge in [0.25, 0.3) is 0 Å². The summed E-state index contributed by atoms with van der Waals surface area (Å²) in [6, 6.07) is 11.0. The Morgan fingerprint density at radius 3 is 2.37 bits per heavy atom. The summed E-state index contributed by atoms with van der Waals surface area (Å²) >= 11 is 6.55. The molecule has 188 valence electrons. The molecule has 1 aliphatic heterocycles. The second kappa shape index (κ2) is 11.5. The average molecular weight is 500 g/mol. The van der Waals surface area contributed by atoms with Crippen molar-refractivity contribution in [3.8, 4) is 11.5 Å². The quantitative estimate of drug-likeness (QED) is 0.537. The third-order valence-corrected chi connectivity index (χ3v) is 5.98. The molecule has 0 bridgehead atoms. The zero-order valence-electron chi connectivity index (χ0n) is 21.1. The van der Waals surface area contributed by atoms with Crippen LogP contribution in [0.1, 0.15) is 33.3 Å². The zero-order chi connectivity index (χ0) is 25.6. The summed E-state index contributed by atoms with van der Waals surface area (Å²) in [6.07, 6.45) is 3.17. The number of carbonyl (C=O) groups excluding carboxylic acids is 2. The van der Waals surface area contributed by atoms with Gasteiger partial charge < -0.3 is 24.6 Å². The van der Waals surface area contributed by atoms with Crippen molar-refractivity contribution in [2.75, 3.05) is 50.1 Å². The molecule has 1 heterocycles. The molecule has 0 unspecified atom stereocenters. The van der Waals surface area contributed by atoms with E-state index in [1.807, 2.05) is 62.9 Å². The van der Waals surface area contributed by atoms with Crippen LogP contribution in [0.5, 0.6) is 11.5 Å². The van der Waals surface area contributed by atoms with E-state index in [0.717, 1.165) is 11.3 Å². The van der Waals surface area contributed by atoms with Crippen LogP contribution in [0.25, 0.3) is 6.08 Å². The first kappa shape index (κ1) is 26.4. The van der Waals surface area contributed by atoms with Gasteiger partial charge in [0.2, 0.25) is 11.8 Å². The second-order valence-corrected chi connectivity index (χ2v) is 9.77. The smallest absolute Gasteiger partial charge is 0.248 e. The van der Waals surface area contributed by atoms with E-state index in [1.54, 1.807) is 19.3 Å². The number of benzene rings is 2. The van der Waals surface area contributed by atoms with Crippen LogP contribution in [0, 0.1) is 5.41 Å². The first-order valence-electron chi connectivity index (χ1n) is 11.8. The first-order valence-corrected chi connectivity index (χ1v) is 12.1. The number of hydrogen-bond donors (Lipinski definition) is 1. The Labute approximate surface area is 212 Å². The summed E-state index contributed by atoms with van der Waals surface area (Å²) in [6.45, 7) is 11.0. The van der Waals surface area contributed by atoms with Crippen LogP contribution in [0.2, 0.25) is 5.02 Å². The summed E-state index contributed by atoms with van der Waals surface area (Å²) in [5, 5.41) is 3.40. The number of methoxy groups -OCH3 is 1. The number of anilines is 2. The van der Waals surface area contributed by atoms with Gasteiger partial charge in [-0.25, -0.2) is 0 Å². The molecule has 1 fully saturated rings. The van der Waals surface area contributed by atoms with Crippen molar-refractivity contribution in [1.29, 1.82) is 0 Å². The fourth-order valence-corrected chi connectivity index (χ4v) is 4.18. The summed E-state index contributed by atoms with van der Waals surface area (Å²) < 4.78 is 10.9. The van der Waals surface area contributed by atoms with Crippen LogP contribution in [0.3, 0.4) is 0 Å². The van der Waals surface area contributed by atoms with Crippen molar-refractivity contribution in [2.24, 2.45) is 5.41 Å². The van der Waals surface area contributed by atoms with E-state index < -0.39 is 0 Å². The average Bonchev–Trinajstić information content (AvgIpc) is 2.83. The number of nitrogens with one attached hydrogen (secondary N) is 1. The van der Waals surface area contributed by atoms with Crippen molar-refractivity contribution in [1.82, 2.24) is 4.90 Å². The highest BCUT2D eigenvalue weighted by atomic mass is 35.5. The van der Waals surface area contributed by atoms with Gasteiger partial charge in [-0.2, -0.15) is 0 Å². The van der Waals surface area contributed by atoms with Gasteiger partial charge in [-0.1, -0.05) is 38.4 Å². The number of hydrogen-bond acceptors (Lipinski definition) is 5. The van der Waals surface area contributed by atoms with Crippen LogP contribution in [0.4, 0.5) is 11.4 Å². The van der Waals surface area contributed by atoms with Gasteiger partial charge in [0, 0.05) is 43.4 Å². The molecule has 0 saturated carbocycles. The molecule has 0 radical (unpaired) electrons. The number of rotatable bonds is 7. The van der Waals surface area contributed by atoms with Crippen molar-refractivity contribution in [3.63, 3.8) is 0 Å². The number of nitrogens with zero attached hydrogens (tertiary/aromatic N) is 2. The molecular formula is C27H34ClN3O4. The SMILES string of the molecule is CCOc1ccc(/C=C/C(=O)Nc2ccc(N3CCN(C(=O)C(C)(C)C)CC3)c(Cl)c2)cc1OC. The fraction of sp³-hybridized carbons (Fsp3) is 0.407. The van der Waals surface area contributed by atoms with E-state index in [1.165, 1.54) is 6.08 Å². The van der Waals surface area contributed by atoms with Crippen molar-refractivity contribution >= 4 is 40.9 Å². The van der Waals surface area contributed by atoms with Crippen LogP contribution >= 0.6 is 11.6 Å². The predicted octanol–water partition coefficient (Wildman–Crippen LogP) is 5.09. The Morgan fingerprint density at radius 2 is 1.77 bits per heavy atom. The van der Waals surface area contributed by atoms with Gasteiger partial charge in [-0.3, -0.25) is 9.59 Å². The van der Waals surface area contributed by atoms with Crippen LogP contribution < -0.4 is 19.7 Å². The Morgan fingerprint density at radius 1 is 1.06 bits per heavy atom. The largest absolute Gasteiger partial charge is 0.493 e. The Hall–Kier alpha value is -3.19. The maximum Gasteiger partial charge on any atom is 0.248 e.